The number of thiophene rings is 1. The summed E-state index contributed by atoms with van der Waals surface area (Å²) in [5.74, 6) is -0.196. The summed E-state index contributed by atoms with van der Waals surface area (Å²) in [7, 11) is 0. The van der Waals surface area contributed by atoms with Gasteiger partial charge in [0.15, 0.2) is 0 Å². The highest BCUT2D eigenvalue weighted by Gasteiger charge is 2.10. The van der Waals surface area contributed by atoms with Crippen LogP contribution in [0.2, 0.25) is 0 Å². The number of fused-ring (bicyclic) bond motifs is 2. The average molecular weight is 319 g/mol. The monoisotopic (exact) mass is 319 g/mol. The molecule has 4 rings (SSSR count). The van der Waals surface area contributed by atoms with Crippen molar-refractivity contribution in [2.75, 3.05) is 0 Å². The van der Waals surface area contributed by atoms with Gasteiger partial charge in [-0.3, -0.25) is 4.79 Å². The summed E-state index contributed by atoms with van der Waals surface area (Å²) in [6.45, 7) is 0. The number of rotatable bonds is 3. The normalized spacial score (nSPS) is 11.5. The highest BCUT2D eigenvalue weighted by Crippen LogP contribution is 2.25. The maximum Gasteiger partial charge on any atom is 0.272 e. The lowest BCUT2D eigenvalue weighted by Gasteiger charge is -1.98. The van der Waals surface area contributed by atoms with Gasteiger partial charge in [0.25, 0.3) is 5.91 Å². The fourth-order valence-corrected chi connectivity index (χ4v) is 3.52. The third-order valence-electron chi connectivity index (χ3n) is 3.72. The number of para-hydroxylation sites is 1. The molecule has 112 valence electrons. The van der Waals surface area contributed by atoms with Gasteiger partial charge in [-0.15, -0.1) is 11.3 Å². The van der Waals surface area contributed by atoms with Crippen LogP contribution in [0, 0.1) is 0 Å². The zero-order valence-corrected chi connectivity index (χ0v) is 12.9. The van der Waals surface area contributed by atoms with E-state index in [1.807, 2.05) is 60.1 Å². The standard InChI is InChI=1S/C18H13N3OS/c22-18(15-11-23-17-8-4-2-6-14(15)17)21-20-10-12-9-19-16-7-3-1-5-13(12)16/h1-11,19H,(H,21,22)/b20-10+. The Bertz CT molecular complexity index is 1030. The molecule has 2 aromatic carbocycles. The van der Waals surface area contributed by atoms with Crippen molar-refractivity contribution in [1.29, 1.82) is 0 Å². The number of hydrazone groups is 1. The van der Waals surface area contributed by atoms with Gasteiger partial charge in [0, 0.05) is 38.1 Å². The fraction of sp³-hybridized carbons (Fsp3) is 0. The van der Waals surface area contributed by atoms with Crippen LogP contribution in [0.4, 0.5) is 0 Å². The van der Waals surface area contributed by atoms with E-state index in [9.17, 15) is 4.79 Å². The number of benzene rings is 2. The van der Waals surface area contributed by atoms with Gasteiger partial charge in [0.1, 0.15) is 0 Å². The minimum absolute atomic E-state index is 0.196. The zero-order chi connectivity index (χ0) is 15.6. The number of aromatic amines is 1. The molecule has 1 amide bonds. The summed E-state index contributed by atoms with van der Waals surface area (Å²) < 4.78 is 1.10. The molecule has 0 atom stereocenters. The fourth-order valence-electron chi connectivity index (χ4n) is 2.58. The topological polar surface area (TPSA) is 57.2 Å². The first-order valence-electron chi connectivity index (χ1n) is 7.19. The lowest BCUT2D eigenvalue weighted by atomic mass is 10.2. The maximum atomic E-state index is 12.3. The van der Waals surface area contributed by atoms with Crippen molar-refractivity contribution >= 4 is 44.4 Å². The Morgan fingerprint density at radius 1 is 1.09 bits per heavy atom. The summed E-state index contributed by atoms with van der Waals surface area (Å²) in [5.41, 5.74) is 5.24. The number of carbonyl (C=O) groups excluding carboxylic acids is 1. The van der Waals surface area contributed by atoms with Gasteiger partial charge in [0.2, 0.25) is 0 Å². The van der Waals surface area contributed by atoms with Crippen molar-refractivity contribution in [3.05, 3.63) is 71.2 Å². The maximum absolute atomic E-state index is 12.3. The molecule has 2 heterocycles. The van der Waals surface area contributed by atoms with E-state index in [0.717, 1.165) is 26.6 Å². The number of amides is 1. The minimum atomic E-state index is -0.196. The number of nitrogens with one attached hydrogen (secondary N) is 2. The van der Waals surface area contributed by atoms with E-state index in [2.05, 4.69) is 15.5 Å². The summed E-state index contributed by atoms with van der Waals surface area (Å²) in [4.78, 5) is 15.5. The largest absolute Gasteiger partial charge is 0.361 e. The summed E-state index contributed by atoms with van der Waals surface area (Å²) in [6, 6.07) is 15.8. The molecular weight excluding hydrogens is 306 g/mol. The molecule has 0 bridgehead atoms. The number of carbonyl (C=O) groups is 1. The number of aromatic nitrogens is 1. The third kappa shape index (κ3) is 2.51. The van der Waals surface area contributed by atoms with Gasteiger partial charge in [-0.2, -0.15) is 5.10 Å². The molecule has 0 radical (unpaired) electrons. The van der Waals surface area contributed by atoms with Crippen molar-refractivity contribution in [3.8, 4) is 0 Å². The van der Waals surface area contributed by atoms with Crippen molar-refractivity contribution < 1.29 is 4.79 Å². The van der Waals surface area contributed by atoms with Crippen molar-refractivity contribution in [3.63, 3.8) is 0 Å². The van der Waals surface area contributed by atoms with Crippen LogP contribution in [0.3, 0.4) is 0 Å². The van der Waals surface area contributed by atoms with Crippen LogP contribution in [-0.2, 0) is 0 Å². The quantitative estimate of drug-likeness (QED) is 0.432. The molecule has 0 spiro atoms. The van der Waals surface area contributed by atoms with Crippen LogP contribution in [0.1, 0.15) is 15.9 Å². The first-order valence-corrected chi connectivity index (χ1v) is 8.06. The Morgan fingerprint density at radius 3 is 2.78 bits per heavy atom. The third-order valence-corrected chi connectivity index (χ3v) is 4.68. The summed E-state index contributed by atoms with van der Waals surface area (Å²) in [6.07, 6.45) is 3.53. The van der Waals surface area contributed by atoms with Crippen LogP contribution in [0.25, 0.3) is 21.0 Å². The molecular formula is C18H13N3OS. The van der Waals surface area contributed by atoms with Crippen LogP contribution in [-0.4, -0.2) is 17.1 Å². The Hall–Kier alpha value is -2.92. The molecule has 0 aliphatic rings. The van der Waals surface area contributed by atoms with Crippen molar-refractivity contribution in [2.24, 2.45) is 5.10 Å². The van der Waals surface area contributed by atoms with E-state index in [4.69, 9.17) is 0 Å². The SMILES string of the molecule is O=C(N/N=C/c1c[nH]c2ccccc12)c1csc2ccccc12. The molecule has 0 unspecified atom stereocenters. The molecule has 0 saturated carbocycles. The minimum Gasteiger partial charge on any atom is -0.361 e. The van der Waals surface area contributed by atoms with E-state index in [0.29, 0.717) is 5.56 Å². The second kappa shape index (κ2) is 5.70. The summed E-state index contributed by atoms with van der Waals surface area (Å²) in [5, 5.41) is 7.98. The molecule has 0 saturated heterocycles. The van der Waals surface area contributed by atoms with Crippen LogP contribution in [0.5, 0.6) is 0 Å². The molecule has 0 aliphatic carbocycles. The number of hydrogen-bond acceptors (Lipinski definition) is 3. The van der Waals surface area contributed by atoms with Gasteiger partial charge in [-0.05, 0) is 12.1 Å². The van der Waals surface area contributed by atoms with Gasteiger partial charge >= 0.3 is 0 Å². The number of nitrogens with zero attached hydrogens (tertiary/aromatic N) is 1. The van der Waals surface area contributed by atoms with Gasteiger partial charge in [0.05, 0.1) is 11.8 Å². The first kappa shape index (κ1) is 13.7. The molecule has 5 heteroatoms. The smallest absolute Gasteiger partial charge is 0.272 e. The van der Waals surface area contributed by atoms with Gasteiger partial charge in [-0.25, -0.2) is 5.43 Å². The second-order valence-electron chi connectivity index (χ2n) is 5.13. The first-order chi connectivity index (χ1) is 11.3. The Morgan fingerprint density at radius 2 is 1.87 bits per heavy atom. The average Bonchev–Trinajstić information content (AvgIpc) is 3.19. The highest BCUT2D eigenvalue weighted by atomic mass is 32.1. The number of hydrogen-bond donors (Lipinski definition) is 2. The zero-order valence-electron chi connectivity index (χ0n) is 12.1. The lowest BCUT2D eigenvalue weighted by Crippen LogP contribution is -2.17. The predicted octanol–water partition coefficient (Wildman–Crippen LogP) is 4.15. The Labute approximate surface area is 136 Å². The second-order valence-corrected chi connectivity index (χ2v) is 6.05. The van der Waals surface area contributed by atoms with Gasteiger partial charge in [-0.1, -0.05) is 36.4 Å². The molecule has 2 N–H and O–H groups in total. The molecule has 4 aromatic rings. The van der Waals surface area contributed by atoms with E-state index in [1.54, 1.807) is 17.6 Å². The Kier molecular flexibility index (Phi) is 3.40. The molecule has 23 heavy (non-hydrogen) atoms. The van der Waals surface area contributed by atoms with E-state index in [-0.39, 0.29) is 5.91 Å². The Balaban J connectivity index is 1.55. The van der Waals surface area contributed by atoms with E-state index < -0.39 is 0 Å². The lowest BCUT2D eigenvalue weighted by molar-refractivity contribution is 0.0957. The molecule has 0 aliphatic heterocycles. The highest BCUT2D eigenvalue weighted by molar-refractivity contribution is 7.17. The van der Waals surface area contributed by atoms with E-state index in [1.165, 1.54) is 0 Å². The predicted molar refractivity (Wildman–Crippen MR) is 95.2 cm³/mol. The van der Waals surface area contributed by atoms with Crippen molar-refractivity contribution in [2.45, 2.75) is 0 Å². The molecule has 0 fully saturated rings. The summed E-state index contributed by atoms with van der Waals surface area (Å²) >= 11 is 1.56. The van der Waals surface area contributed by atoms with Crippen LogP contribution < -0.4 is 5.43 Å². The van der Waals surface area contributed by atoms with Crippen molar-refractivity contribution in [1.82, 2.24) is 10.4 Å². The van der Waals surface area contributed by atoms with E-state index >= 15 is 0 Å². The molecule has 2 aromatic heterocycles. The molecule has 4 nitrogen and oxygen atoms in total. The number of H-pyrrole nitrogens is 1. The van der Waals surface area contributed by atoms with Gasteiger partial charge < -0.3 is 4.98 Å². The van der Waals surface area contributed by atoms with Crippen LogP contribution in [0.15, 0.2) is 65.2 Å². The van der Waals surface area contributed by atoms with Crippen LogP contribution >= 0.6 is 11.3 Å².